The lowest BCUT2D eigenvalue weighted by atomic mass is 10.2. The summed E-state index contributed by atoms with van der Waals surface area (Å²) >= 11 is 6.16. The Morgan fingerprint density at radius 3 is 2.69 bits per heavy atom. The maximum absolute atomic E-state index is 13.0. The minimum absolute atomic E-state index is 0.218. The van der Waals surface area contributed by atoms with E-state index in [1.165, 1.54) is 16.8 Å². The monoisotopic (exact) mass is 411 g/mol. The fourth-order valence-electron chi connectivity index (χ4n) is 2.68. The summed E-state index contributed by atoms with van der Waals surface area (Å²) in [5.74, 6) is -0.216. The van der Waals surface area contributed by atoms with Crippen LogP contribution >= 0.6 is 11.6 Å². The number of benzene rings is 2. The number of nitrogens with one attached hydrogen (secondary N) is 1. The quantitative estimate of drug-likeness (QED) is 0.531. The van der Waals surface area contributed by atoms with Crippen LogP contribution < -0.4 is 5.32 Å². The van der Waals surface area contributed by atoms with Crippen LogP contribution in [-0.2, 0) is 0 Å². The fraction of sp³-hybridized carbons (Fsp3) is 0.100. The number of aromatic nitrogens is 4. The highest BCUT2D eigenvalue weighted by atomic mass is 35.5. The molecule has 1 atom stereocenters. The number of amides is 1. The predicted molar refractivity (Wildman–Crippen MR) is 104 cm³/mol. The number of nitrogens with zero attached hydrogens (tertiary/aromatic N) is 4. The highest BCUT2D eigenvalue weighted by molar-refractivity contribution is 6.32. The van der Waals surface area contributed by atoms with Crippen LogP contribution in [0.25, 0.3) is 17.1 Å². The highest BCUT2D eigenvalue weighted by Gasteiger charge is 2.20. The van der Waals surface area contributed by atoms with Crippen molar-refractivity contribution in [1.82, 2.24) is 25.2 Å². The Hall–Kier alpha value is -3.52. The summed E-state index contributed by atoms with van der Waals surface area (Å²) in [6, 6.07) is 14.0. The van der Waals surface area contributed by atoms with Gasteiger partial charge in [0.2, 0.25) is 11.7 Å². The molecule has 0 aliphatic carbocycles. The number of hydrogen-bond acceptors (Lipinski definition) is 5. The van der Waals surface area contributed by atoms with Crippen LogP contribution in [0.15, 0.2) is 65.3 Å². The average Bonchev–Trinajstić information content (AvgIpc) is 3.39. The number of carbonyl (C=O) groups excluding carboxylic acids is 1. The molecule has 1 amide bonds. The molecule has 7 nitrogen and oxygen atoms in total. The second-order valence-corrected chi connectivity index (χ2v) is 6.66. The van der Waals surface area contributed by atoms with E-state index in [1.54, 1.807) is 43.5 Å². The molecule has 0 aliphatic rings. The van der Waals surface area contributed by atoms with Gasteiger partial charge in [0, 0.05) is 11.8 Å². The van der Waals surface area contributed by atoms with Gasteiger partial charge in [0.05, 0.1) is 10.7 Å². The molecular formula is C20H15ClFN5O2. The topological polar surface area (TPSA) is 85.8 Å². The van der Waals surface area contributed by atoms with E-state index in [0.717, 1.165) is 0 Å². The number of para-hydroxylation sites is 1. The second-order valence-electron chi connectivity index (χ2n) is 6.26. The predicted octanol–water partition coefficient (Wildman–Crippen LogP) is 4.21. The van der Waals surface area contributed by atoms with Crippen LogP contribution in [0.5, 0.6) is 0 Å². The van der Waals surface area contributed by atoms with Crippen molar-refractivity contribution in [2.24, 2.45) is 0 Å². The first-order chi connectivity index (χ1) is 14.0. The van der Waals surface area contributed by atoms with Crippen LogP contribution in [0, 0.1) is 5.82 Å². The molecule has 2 heterocycles. The molecule has 0 fully saturated rings. The maximum atomic E-state index is 13.0. The maximum Gasteiger partial charge on any atom is 0.272 e. The normalized spacial score (nSPS) is 12.0. The molecule has 2 aromatic carbocycles. The Labute approximate surface area is 170 Å². The summed E-state index contributed by atoms with van der Waals surface area (Å²) in [6.45, 7) is 1.71. The van der Waals surface area contributed by atoms with Crippen LogP contribution in [0.1, 0.15) is 29.3 Å². The van der Waals surface area contributed by atoms with Crippen molar-refractivity contribution in [3.05, 3.63) is 83.2 Å². The van der Waals surface area contributed by atoms with Gasteiger partial charge in [-0.25, -0.2) is 9.07 Å². The molecule has 0 radical (unpaired) electrons. The summed E-state index contributed by atoms with van der Waals surface area (Å²) in [5, 5.41) is 11.4. The number of hydrogen-bond donors (Lipinski definition) is 1. The molecule has 0 saturated carbocycles. The third-order valence-electron chi connectivity index (χ3n) is 4.18. The first-order valence-electron chi connectivity index (χ1n) is 8.72. The molecule has 0 bridgehead atoms. The first kappa shape index (κ1) is 18.8. The van der Waals surface area contributed by atoms with Crippen molar-refractivity contribution in [3.8, 4) is 17.1 Å². The van der Waals surface area contributed by atoms with Gasteiger partial charge in [-0.3, -0.25) is 4.79 Å². The van der Waals surface area contributed by atoms with Crippen LogP contribution in [0.4, 0.5) is 4.39 Å². The van der Waals surface area contributed by atoms with Gasteiger partial charge < -0.3 is 9.84 Å². The van der Waals surface area contributed by atoms with E-state index in [1.807, 2.05) is 12.1 Å². The highest BCUT2D eigenvalue weighted by Crippen LogP contribution is 2.21. The number of halogens is 2. The Balaban J connectivity index is 1.46. The van der Waals surface area contributed by atoms with E-state index in [4.69, 9.17) is 16.1 Å². The molecule has 4 rings (SSSR count). The van der Waals surface area contributed by atoms with Crippen LogP contribution in [-0.4, -0.2) is 25.8 Å². The van der Waals surface area contributed by atoms with Crippen LogP contribution in [0.2, 0.25) is 5.02 Å². The van der Waals surface area contributed by atoms with Crippen molar-refractivity contribution < 1.29 is 13.7 Å². The molecule has 0 saturated heterocycles. The molecule has 29 heavy (non-hydrogen) atoms. The summed E-state index contributed by atoms with van der Waals surface area (Å²) in [5.41, 5.74) is 1.50. The molecule has 0 aliphatic heterocycles. The van der Waals surface area contributed by atoms with Gasteiger partial charge in [-0.2, -0.15) is 10.1 Å². The summed E-state index contributed by atoms with van der Waals surface area (Å²) in [6.07, 6.45) is 1.65. The van der Waals surface area contributed by atoms with Crippen molar-refractivity contribution in [2.75, 3.05) is 0 Å². The van der Waals surface area contributed by atoms with Gasteiger partial charge in [-0.05, 0) is 49.4 Å². The lowest BCUT2D eigenvalue weighted by Gasteiger charge is -2.08. The average molecular weight is 412 g/mol. The third kappa shape index (κ3) is 4.02. The van der Waals surface area contributed by atoms with E-state index in [2.05, 4.69) is 20.6 Å². The van der Waals surface area contributed by atoms with Gasteiger partial charge in [0.25, 0.3) is 5.91 Å². The number of rotatable bonds is 5. The molecule has 1 N–H and O–H groups in total. The molecule has 2 aromatic heterocycles. The largest absolute Gasteiger partial charge is 0.339 e. The van der Waals surface area contributed by atoms with E-state index in [9.17, 15) is 9.18 Å². The lowest BCUT2D eigenvalue weighted by molar-refractivity contribution is 0.0927. The van der Waals surface area contributed by atoms with Gasteiger partial charge in [0.15, 0.2) is 5.69 Å². The molecule has 146 valence electrons. The lowest BCUT2D eigenvalue weighted by Crippen LogP contribution is -2.27. The van der Waals surface area contributed by atoms with Crippen LogP contribution in [0.3, 0.4) is 0 Å². The Morgan fingerprint density at radius 1 is 1.17 bits per heavy atom. The Kier molecular flexibility index (Phi) is 5.09. The van der Waals surface area contributed by atoms with Crippen molar-refractivity contribution >= 4 is 17.5 Å². The van der Waals surface area contributed by atoms with Crippen molar-refractivity contribution in [1.29, 1.82) is 0 Å². The minimum Gasteiger partial charge on any atom is -0.339 e. The van der Waals surface area contributed by atoms with Gasteiger partial charge >= 0.3 is 0 Å². The van der Waals surface area contributed by atoms with E-state index in [0.29, 0.717) is 22.1 Å². The summed E-state index contributed by atoms with van der Waals surface area (Å²) < 4.78 is 19.8. The van der Waals surface area contributed by atoms with E-state index in [-0.39, 0.29) is 17.4 Å². The van der Waals surface area contributed by atoms with E-state index >= 15 is 0 Å². The third-order valence-corrected chi connectivity index (χ3v) is 4.50. The first-order valence-corrected chi connectivity index (χ1v) is 9.10. The van der Waals surface area contributed by atoms with Crippen molar-refractivity contribution in [3.63, 3.8) is 0 Å². The zero-order chi connectivity index (χ0) is 20.4. The standard InChI is InChI=1S/C20H15ClFN5O2/c1-12(20-24-18(26-29-20)13-6-8-14(22)9-7-13)23-19(28)16-10-11-27(25-16)17-5-3-2-4-15(17)21/h2-12H,1H3,(H,23,28). The SMILES string of the molecule is CC(NC(=O)c1ccn(-c2ccccc2Cl)n1)c1nc(-c2ccc(F)cc2)no1. The zero-order valence-electron chi connectivity index (χ0n) is 15.2. The number of carbonyl (C=O) groups is 1. The zero-order valence-corrected chi connectivity index (χ0v) is 16.0. The minimum atomic E-state index is -0.547. The summed E-state index contributed by atoms with van der Waals surface area (Å²) in [7, 11) is 0. The molecule has 4 aromatic rings. The molecular weight excluding hydrogens is 397 g/mol. The van der Waals surface area contributed by atoms with E-state index < -0.39 is 11.9 Å². The smallest absolute Gasteiger partial charge is 0.272 e. The fourth-order valence-corrected chi connectivity index (χ4v) is 2.90. The summed E-state index contributed by atoms with van der Waals surface area (Å²) in [4.78, 5) is 16.8. The Morgan fingerprint density at radius 2 is 1.93 bits per heavy atom. The van der Waals surface area contributed by atoms with Gasteiger partial charge in [0.1, 0.15) is 11.9 Å². The van der Waals surface area contributed by atoms with Crippen molar-refractivity contribution in [2.45, 2.75) is 13.0 Å². The van der Waals surface area contributed by atoms with Gasteiger partial charge in [-0.15, -0.1) is 0 Å². The Bertz CT molecular complexity index is 1160. The van der Waals surface area contributed by atoms with Gasteiger partial charge in [-0.1, -0.05) is 28.9 Å². The molecule has 0 spiro atoms. The second kappa shape index (κ2) is 7.84. The molecule has 9 heteroatoms. The molecule has 1 unspecified atom stereocenters.